The van der Waals surface area contributed by atoms with Crippen molar-refractivity contribution in [1.82, 2.24) is 9.55 Å². The second-order valence-electron chi connectivity index (χ2n) is 6.32. The number of anilines is 1. The third kappa shape index (κ3) is 3.26. The molecule has 29 heavy (non-hydrogen) atoms. The van der Waals surface area contributed by atoms with Gasteiger partial charge in [0.2, 0.25) is 0 Å². The maximum atomic E-state index is 13.1. The number of nitrogens with one attached hydrogen (secondary N) is 1. The Hall–Kier alpha value is -2.91. The van der Waals surface area contributed by atoms with Gasteiger partial charge in [0.25, 0.3) is 10.0 Å². The second-order valence-corrected chi connectivity index (χ2v) is 8.35. The SMILES string of the molecule is COc1ccc(NS(=O)(=O)c2cnc3n2-c2cc(OC)c(OC)cc2C3)cc1Cl. The average Bonchev–Trinajstić information content (AvgIpc) is 3.25. The fourth-order valence-electron chi connectivity index (χ4n) is 3.31. The number of fused-ring (bicyclic) bond motifs is 3. The molecule has 0 amide bonds. The Bertz CT molecular complexity index is 1210. The predicted octanol–water partition coefficient (Wildman–Crippen LogP) is 3.26. The lowest BCUT2D eigenvalue weighted by atomic mass is 10.1. The Kier molecular flexibility index (Phi) is 4.79. The highest BCUT2D eigenvalue weighted by Gasteiger charge is 2.30. The van der Waals surface area contributed by atoms with Crippen LogP contribution in [-0.2, 0) is 16.4 Å². The molecule has 10 heteroatoms. The Balaban J connectivity index is 1.75. The van der Waals surface area contributed by atoms with Crippen molar-refractivity contribution in [3.63, 3.8) is 0 Å². The zero-order valence-corrected chi connectivity index (χ0v) is 17.5. The molecule has 0 saturated heterocycles. The highest BCUT2D eigenvalue weighted by Crippen LogP contribution is 2.39. The van der Waals surface area contributed by atoms with Gasteiger partial charge in [-0.15, -0.1) is 0 Å². The summed E-state index contributed by atoms with van der Waals surface area (Å²) in [4.78, 5) is 4.29. The number of methoxy groups -OCH3 is 3. The van der Waals surface area contributed by atoms with Crippen molar-refractivity contribution < 1.29 is 22.6 Å². The van der Waals surface area contributed by atoms with E-state index in [1.807, 2.05) is 6.07 Å². The normalized spacial score (nSPS) is 12.3. The van der Waals surface area contributed by atoms with Gasteiger partial charge in [0.05, 0.1) is 43.9 Å². The zero-order valence-electron chi connectivity index (χ0n) is 15.9. The van der Waals surface area contributed by atoms with Crippen LogP contribution in [0.3, 0.4) is 0 Å². The second kappa shape index (κ2) is 7.16. The summed E-state index contributed by atoms with van der Waals surface area (Å²) < 4.78 is 46.1. The highest BCUT2D eigenvalue weighted by atomic mass is 35.5. The number of ether oxygens (including phenoxy) is 3. The number of halogens is 1. The van der Waals surface area contributed by atoms with E-state index in [1.54, 1.807) is 29.9 Å². The van der Waals surface area contributed by atoms with E-state index in [4.69, 9.17) is 25.8 Å². The Morgan fingerprint density at radius 1 is 1.03 bits per heavy atom. The molecule has 1 N–H and O–H groups in total. The van der Waals surface area contributed by atoms with Crippen molar-refractivity contribution in [3.8, 4) is 22.9 Å². The first-order valence-corrected chi connectivity index (χ1v) is 10.4. The number of rotatable bonds is 6. The third-order valence-electron chi connectivity index (χ3n) is 4.66. The highest BCUT2D eigenvalue weighted by molar-refractivity contribution is 7.92. The minimum Gasteiger partial charge on any atom is -0.495 e. The molecule has 1 aromatic heterocycles. The number of hydrogen-bond acceptors (Lipinski definition) is 6. The first-order chi connectivity index (χ1) is 13.9. The minimum atomic E-state index is -3.93. The van der Waals surface area contributed by atoms with Crippen molar-refractivity contribution in [2.45, 2.75) is 11.4 Å². The van der Waals surface area contributed by atoms with Crippen molar-refractivity contribution in [2.75, 3.05) is 26.1 Å². The van der Waals surface area contributed by atoms with Gasteiger partial charge in [-0.1, -0.05) is 11.6 Å². The van der Waals surface area contributed by atoms with Crippen LogP contribution in [0.4, 0.5) is 5.69 Å². The molecule has 0 bridgehead atoms. The molecule has 0 radical (unpaired) electrons. The molecule has 0 aliphatic carbocycles. The van der Waals surface area contributed by atoms with E-state index in [0.29, 0.717) is 45.9 Å². The van der Waals surface area contributed by atoms with Gasteiger partial charge in [-0.3, -0.25) is 9.29 Å². The first-order valence-electron chi connectivity index (χ1n) is 8.56. The number of hydrogen-bond donors (Lipinski definition) is 1. The first kappa shape index (κ1) is 19.4. The van der Waals surface area contributed by atoms with Gasteiger partial charge in [0.15, 0.2) is 16.5 Å². The summed E-state index contributed by atoms with van der Waals surface area (Å²) in [5, 5.41) is 0.318. The summed E-state index contributed by atoms with van der Waals surface area (Å²) in [6.45, 7) is 0. The quantitative estimate of drug-likeness (QED) is 0.500. The summed E-state index contributed by atoms with van der Waals surface area (Å²) >= 11 is 6.10. The Labute approximate surface area is 173 Å². The van der Waals surface area contributed by atoms with Gasteiger partial charge in [0.1, 0.15) is 11.6 Å². The van der Waals surface area contributed by atoms with Crippen molar-refractivity contribution in [1.29, 1.82) is 0 Å². The predicted molar refractivity (Wildman–Crippen MR) is 108 cm³/mol. The molecule has 1 aliphatic rings. The smallest absolute Gasteiger partial charge is 0.279 e. The zero-order chi connectivity index (χ0) is 20.8. The molecular weight excluding hydrogens is 418 g/mol. The van der Waals surface area contributed by atoms with Crippen LogP contribution in [0.25, 0.3) is 5.69 Å². The van der Waals surface area contributed by atoms with E-state index < -0.39 is 10.0 Å². The molecule has 2 heterocycles. The van der Waals surface area contributed by atoms with Gasteiger partial charge in [-0.25, -0.2) is 4.98 Å². The number of nitrogens with zero attached hydrogens (tertiary/aromatic N) is 2. The number of benzene rings is 2. The van der Waals surface area contributed by atoms with Crippen LogP contribution in [0.15, 0.2) is 41.6 Å². The summed E-state index contributed by atoms with van der Waals surface area (Å²) in [6, 6.07) is 8.23. The molecule has 0 spiro atoms. The van der Waals surface area contributed by atoms with Crippen LogP contribution in [0, 0.1) is 0 Å². The Morgan fingerprint density at radius 2 is 1.72 bits per heavy atom. The van der Waals surface area contributed by atoms with Crippen LogP contribution >= 0.6 is 11.6 Å². The molecule has 8 nitrogen and oxygen atoms in total. The molecule has 4 rings (SSSR count). The summed E-state index contributed by atoms with van der Waals surface area (Å²) in [6.07, 6.45) is 1.82. The lowest BCUT2D eigenvalue weighted by molar-refractivity contribution is 0.354. The van der Waals surface area contributed by atoms with E-state index in [0.717, 1.165) is 5.56 Å². The maximum absolute atomic E-state index is 13.1. The molecule has 0 saturated carbocycles. The third-order valence-corrected chi connectivity index (χ3v) is 6.29. The number of aromatic nitrogens is 2. The standard InChI is InChI=1S/C19H18ClN3O5S/c1-26-15-5-4-12(8-13(15)20)22-29(24,25)19-10-21-18-7-11-6-16(27-2)17(28-3)9-14(11)23(18)19/h4-6,8-10,22H,7H2,1-3H3. The largest absolute Gasteiger partial charge is 0.495 e. The summed E-state index contributed by atoms with van der Waals surface area (Å²) in [7, 11) is 0.638. The van der Waals surface area contributed by atoms with Crippen LogP contribution in [0.1, 0.15) is 11.4 Å². The molecule has 1 aliphatic heterocycles. The molecule has 0 unspecified atom stereocenters. The van der Waals surface area contributed by atoms with E-state index in [9.17, 15) is 8.42 Å². The lowest BCUT2D eigenvalue weighted by Crippen LogP contribution is -2.16. The molecule has 2 aromatic carbocycles. The van der Waals surface area contributed by atoms with Crippen LogP contribution < -0.4 is 18.9 Å². The van der Waals surface area contributed by atoms with E-state index in [-0.39, 0.29) is 5.03 Å². The molecule has 0 atom stereocenters. The Morgan fingerprint density at radius 3 is 2.38 bits per heavy atom. The molecule has 0 fully saturated rings. The monoisotopic (exact) mass is 435 g/mol. The van der Waals surface area contributed by atoms with Crippen LogP contribution in [-0.4, -0.2) is 39.3 Å². The molecular formula is C19H18ClN3O5S. The maximum Gasteiger partial charge on any atom is 0.279 e. The lowest BCUT2D eigenvalue weighted by Gasteiger charge is -2.14. The van der Waals surface area contributed by atoms with Crippen molar-refractivity contribution in [2.24, 2.45) is 0 Å². The van der Waals surface area contributed by atoms with Crippen LogP contribution in [0.2, 0.25) is 5.02 Å². The minimum absolute atomic E-state index is 0.0189. The number of sulfonamides is 1. The number of imidazole rings is 1. The summed E-state index contributed by atoms with van der Waals surface area (Å²) in [5.74, 6) is 2.15. The summed E-state index contributed by atoms with van der Waals surface area (Å²) in [5.41, 5.74) is 1.90. The average molecular weight is 436 g/mol. The van der Waals surface area contributed by atoms with E-state index >= 15 is 0 Å². The van der Waals surface area contributed by atoms with Gasteiger partial charge < -0.3 is 14.2 Å². The van der Waals surface area contributed by atoms with E-state index in [1.165, 1.54) is 26.5 Å². The fraction of sp³-hybridized carbons (Fsp3) is 0.211. The fourth-order valence-corrected chi connectivity index (χ4v) is 4.75. The van der Waals surface area contributed by atoms with Crippen molar-refractivity contribution >= 4 is 27.3 Å². The van der Waals surface area contributed by atoms with Crippen molar-refractivity contribution in [3.05, 3.63) is 52.9 Å². The van der Waals surface area contributed by atoms with Gasteiger partial charge in [0, 0.05) is 12.5 Å². The van der Waals surface area contributed by atoms with Crippen LogP contribution in [0.5, 0.6) is 17.2 Å². The molecule has 152 valence electrons. The van der Waals surface area contributed by atoms with Gasteiger partial charge in [-0.05, 0) is 29.8 Å². The molecule has 3 aromatic rings. The topological polar surface area (TPSA) is 91.7 Å². The van der Waals surface area contributed by atoms with E-state index in [2.05, 4.69) is 9.71 Å². The van der Waals surface area contributed by atoms with Gasteiger partial charge >= 0.3 is 0 Å². The van der Waals surface area contributed by atoms with Gasteiger partial charge in [-0.2, -0.15) is 8.42 Å².